The van der Waals surface area contributed by atoms with Crippen molar-refractivity contribution in [2.45, 2.75) is 26.3 Å². The zero-order chi connectivity index (χ0) is 10.3. The van der Waals surface area contributed by atoms with Gasteiger partial charge in [-0.25, -0.2) is 0 Å². The average Bonchev–Trinajstić information content (AvgIpc) is 2.45. The molecule has 0 spiro atoms. The van der Waals surface area contributed by atoms with Crippen LogP contribution in [0.25, 0.3) is 11.0 Å². The van der Waals surface area contributed by atoms with E-state index in [2.05, 4.69) is 19.1 Å². The van der Waals surface area contributed by atoms with Crippen molar-refractivity contribution in [3.05, 3.63) is 35.6 Å². The molecule has 2 rings (SSSR count). The zero-order valence-electron chi connectivity index (χ0n) is 8.79. The van der Waals surface area contributed by atoms with Crippen LogP contribution in [0.5, 0.6) is 0 Å². The van der Waals surface area contributed by atoms with Gasteiger partial charge in [-0.1, -0.05) is 12.1 Å². The summed E-state index contributed by atoms with van der Waals surface area (Å²) >= 11 is 0. The predicted molar refractivity (Wildman–Crippen MR) is 58.2 cm³/mol. The Labute approximate surface area is 83.7 Å². The minimum atomic E-state index is -0.347. The van der Waals surface area contributed by atoms with E-state index in [1.807, 2.05) is 19.9 Å². The molecular formula is C12H15NO. The second-order valence-corrected chi connectivity index (χ2v) is 4.37. The van der Waals surface area contributed by atoms with Gasteiger partial charge in [-0.05, 0) is 32.4 Å². The van der Waals surface area contributed by atoms with Crippen LogP contribution in [0.1, 0.15) is 25.0 Å². The van der Waals surface area contributed by atoms with E-state index in [-0.39, 0.29) is 5.54 Å². The minimum Gasteiger partial charge on any atom is -0.464 e. The number of benzene rings is 1. The molecule has 0 aliphatic carbocycles. The smallest absolute Gasteiger partial charge is 0.134 e. The number of hydrogen-bond acceptors (Lipinski definition) is 2. The van der Waals surface area contributed by atoms with E-state index in [4.69, 9.17) is 10.2 Å². The molecule has 0 saturated heterocycles. The highest BCUT2D eigenvalue weighted by Crippen LogP contribution is 2.28. The maximum Gasteiger partial charge on any atom is 0.134 e. The summed E-state index contributed by atoms with van der Waals surface area (Å²) < 4.78 is 5.48. The number of furan rings is 1. The van der Waals surface area contributed by atoms with E-state index in [0.29, 0.717) is 0 Å². The van der Waals surface area contributed by atoms with Crippen LogP contribution < -0.4 is 5.73 Å². The van der Waals surface area contributed by atoms with Crippen LogP contribution >= 0.6 is 0 Å². The molecule has 0 atom stereocenters. The lowest BCUT2D eigenvalue weighted by Crippen LogP contribution is -2.28. The number of nitrogens with two attached hydrogens (primary N) is 1. The lowest BCUT2D eigenvalue weighted by atomic mass is 9.95. The van der Waals surface area contributed by atoms with Crippen LogP contribution in [0.4, 0.5) is 0 Å². The summed E-state index contributed by atoms with van der Waals surface area (Å²) in [6.07, 6.45) is 1.75. The molecule has 0 amide bonds. The Morgan fingerprint density at radius 1 is 1.29 bits per heavy atom. The molecule has 1 aromatic carbocycles. The summed E-state index contributed by atoms with van der Waals surface area (Å²) in [7, 11) is 0. The second kappa shape index (κ2) is 2.85. The zero-order valence-corrected chi connectivity index (χ0v) is 8.79. The lowest BCUT2D eigenvalue weighted by Gasteiger charge is -2.16. The molecule has 0 saturated carbocycles. The SMILES string of the molecule is Cc1ccc2c(C(C)(C)N)coc2c1. The van der Waals surface area contributed by atoms with Crippen LogP contribution in [0, 0.1) is 6.92 Å². The molecule has 2 heteroatoms. The highest BCUT2D eigenvalue weighted by Gasteiger charge is 2.19. The van der Waals surface area contributed by atoms with Gasteiger partial charge in [0.1, 0.15) is 5.58 Å². The Bertz CT molecular complexity index is 463. The van der Waals surface area contributed by atoms with Gasteiger partial charge in [0, 0.05) is 16.5 Å². The van der Waals surface area contributed by atoms with Crippen LogP contribution in [-0.2, 0) is 5.54 Å². The first-order chi connectivity index (χ1) is 6.48. The van der Waals surface area contributed by atoms with Gasteiger partial charge in [-0.2, -0.15) is 0 Å². The Morgan fingerprint density at radius 3 is 2.64 bits per heavy atom. The summed E-state index contributed by atoms with van der Waals surface area (Å²) in [5.74, 6) is 0. The molecule has 1 aromatic heterocycles. The number of rotatable bonds is 1. The van der Waals surface area contributed by atoms with E-state index >= 15 is 0 Å². The summed E-state index contributed by atoms with van der Waals surface area (Å²) in [4.78, 5) is 0. The van der Waals surface area contributed by atoms with Crippen LogP contribution in [0.3, 0.4) is 0 Å². The molecule has 0 aliphatic heterocycles. The Hall–Kier alpha value is -1.28. The van der Waals surface area contributed by atoms with Gasteiger partial charge < -0.3 is 10.2 Å². The predicted octanol–water partition coefficient (Wildman–Crippen LogP) is 2.94. The number of fused-ring (bicyclic) bond motifs is 1. The fourth-order valence-electron chi connectivity index (χ4n) is 1.63. The minimum absolute atomic E-state index is 0.347. The molecule has 74 valence electrons. The first-order valence-corrected chi connectivity index (χ1v) is 4.76. The van der Waals surface area contributed by atoms with E-state index in [1.165, 1.54) is 5.56 Å². The van der Waals surface area contributed by atoms with E-state index in [1.54, 1.807) is 6.26 Å². The van der Waals surface area contributed by atoms with Gasteiger partial charge in [0.15, 0.2) is 0 Å². The third-order valence-corrected chi connectivity index (χ3v) is 2.43. The molecule has 2 aromatic rings. The van der Waals surface area contributed by atoms with Gasteiger partial charge in [-0.15, -0.1) is 0 Å². The standard InChI is InChI=1S/C12H15NO/c1-8-4-5-9-10(12(2,3)13)7-14-11(9)6-8/h4-7H,13H2,1-3H3. The normalized spacial score (nSPS) is 12.3. The maximum atomic E-state index is 6.05. The van der Waals surface area contributed by atoms with Gasteiger partial charge >= 0.3 is 0 Å². The summed E-state index contributed by atoms with van der Waals surface area (Å²) in [5, 5.41) is 1.11. The van der Waals surface area contributed by atoms with Crippen LogP contribution in [0.2, 0.25) is 0 Å². The van der Waals surface area contributed by atoms with E-state index < -0.39 is 0 Å². The van der Waals surface area contributed by atoms with Crippen LogP contribution in [0.15, 0.2) is 28.9 Å². The molecule has 1 heterocycles. The van der Waals surface area contributed by atoms with E-state index in [9.17, 15) is 0 Å². The van der Waals surface area contributed by atoms with E-state index in [0.717, 1.165) is 16.5 Å². The average molecular weight is 189 g/mol. The molecule has 0 aliphatic rings. The third-order valence-electron chi connectivity index (χ3n) is 2.43. The highest BCUT2D eigenvalue weighted by atomic mass is 16.3. The number of aryl methyl sites for hydroxylation is 1. The quantitative estimate of drug-likeness (QED) is 0.749. The Morgan fingerprint density at radius 2 is 2.00 bits per heavy atom. The summed E-state index contributed by atoms with van der Waals surface area (Å²) in [6, 6.07) is 6.18. The van der Waals surface area contributed by atoms with Gasteiger partial charge in [0.2, 0.25) is 0 Å². The van der Waals surface area contributed by atoms with Crippen molar-refractivity contribution >= 4 is 11.0 Å². The van der Waals surface area contributed by atoms with Gasteiger partial charge in [0.25, 0.3) is 0 Å². The Kier molecular flexibility index (Phi) is 1.89. The first kappa shape index (κ1) is 9.28. The lowest BCUT2D eigenvalue weighted by molar-refractivity contribution is 0.534. The Balaban J connectivity index is 2.70. The molecule has 0 unspecified atom stereocenters. The van der Waals surface area contributed by atoms with Crippen molar-refractivity contribution in [3.63, 3.8) is 0 Å². The van der Waals surface area contributed by atoms with Crippen molar-refractivity contribution in [1.29, 1.82) is 0 Å². The molecule has 0 bridgehead atoms. The largest absolute Gasteiger partial charge is 0.464 e. The fourth-order valence-corrected chi connectivity index (χ4v) is 1.63. The third kappa shape index (κ3) is 1.42. The molecule has 14 heavy (non-hydrogen) atoms. The number of hydrogen-bond donors (Lipinski definition) is 1. The summed E-state index contributed by atoms with van der Waals surface area (Å²) in [5.41, 5.74) is 8.88. The van der Waals surface area contributed by atoms with Crippen molar-refractivity contribution in [1.82, 2.24) is 0 Å². The van der Waals surface area contributed by atoms with Crippen molar-refractivity contribution in [2.24, 2.45) is 5.73 Å². The topological polar surface area (TPSA) is 39.2 Å². The van der Waals surface area contributed by atoms with Gasteiger partial charge in [-0.3, -0.25) is 0 Å². The van der Waals surface area contributed by atoms with Gasteiger partial charge in [0.05, 0.1) is 6.26 Å². The highest BCUT2D eigenvalue weighted by molar-refractivity contribution is 5.82. The molecule has 2 nitrogen and oxygen atoms in total. The fraction of sp³-hybridized carbons (Fsp3) is 0.333. The second-order valence-electron chi connectivity index (χ2n) is 4.37. The first-order valence-electron chi connectivity index (χ1n) is 4.76. The monoisotopic (exact) mass is 189 g/mol. The van der Waals surface area contributed by atoms with Crippen molar-refractivity contribution < 1.29 is 4.42 Å². The molecule has 2 N–H and O–H groups in total. The molecule has 0 radical (unpaired) electrons. The summed E-state index contributed by atoms with van der Waals surface area (Å²) in [6.45, 7) is 6.02. The maximum absolute atomic E-state index is 6.05. The van der Waals surface area contributed by atoms with Crippen molar-refractivity contribution in [3.8, 4) is 0 Å². The van der Waals surface area contributed by atoms with Crippen LogP contribution in [-0.4, -0.2) is 0 Å². The molecule has 0 fully saturated rings. The molecular weight excluding hydrogens is 174 g/mol. The van der Waals surface area contributed by atoms with Crippen molar-refractivity contribution in [2.75, 3.05) is 0 Å².